The number of amides is 1. The van der Waals surface area contributed by atoms with Crippen molar-refractivity contribution in [2.24, 2.45) is 0 Å². The standard InChI is InChI=1S/C16H17ClN2O/c1-3-19(13-9-7-12(18)8-10-13)16(20)14-6-4-5-11(2)15(14)17/h4-10H,3,18H2,1-2H3. The van der Waals surface area contributed by atoms with Crippen LogP contribution in [0.4, 0.5) is 11.4 Å². The van der Waals surface area contributed by atoms with E-state index < -0.39 is 0 Å². The second-order valence-electron chi connectivity index (χ2n) is 4.58. The molecule has 2 aromatic carbocycles. The van der Waals surface area contributed by atoms with Gasteiger partial charge in [0, 0.05) is 17.9 Å². The number of nitrogens with zero attached hydrogens (tertiary/aromatic N) is 1. The molecule has 3 nitrogen and oxygen atoms in total. The lowest BCUT2D eigenvalue weighted by Crippen LogP contribution is -2.30. The first kappa shape index (κ1) is 14.4. The van der Waals surface area contributed by atoms with Gasteiger partial charge in [0.2, 0.25) is 0 Å². The van der Waals surface area contributed by atoms with Gasteiger partial charge in [-0.25, -0.2) is 0 Å². The average molecular weight is 289 g/mol. The van der Waals surface area contributed by atoms with E-state index in [4.69, 9.17) is 17.3 Å². The molecule has 1 amide bonds. The minimum absolute atomic E-state index is 0.106. The number of carbonyl (C=O) groups is 1. The third-order valence-corrected chi connectivity index (χ3v) is 3.69. The molecule has 104 valence electrons. The van der Waals surface area contributed by atoms with Crippen LogP contribution in [0.1, 0.15) is 22.8 Å². The van der Waals surface area contributed by atoms with Crippen molar-refractivity contribution in [3.8, 4) is 0 Å². The Bertz CT molecular complexity index is 623. The van der Waals surface area contributed by atoms with Crippen LogP contribution in [0.25, 0.3) is 0 Å². The highest BCUT2D eigenvalue weighted by Crippen LogP contribution is 2.25. The molecule has 0 heterocycles. The van der Waals surface area contributed by atoms with Crippen LogP contribution < -0.4 is 10.6 Å². The molecule has 0 saturated heterocycles. The van der Waals surface area contributed by atoms with E-state index in [1.165, 1.54) is 0 Å². The van der Waals surface area contributed by atoms with Crippen LogP contribution in [0.5, 0.6) is 0 Å². The Morgan fingerprint density at radius 1 is 1.20 bits per heavy atom. The minimum atomic E-state index is -0.106. The number of nitrogens with two attached hydrogens (primary N) is 1. The van der Waals surface area contributed by atoms with Gasteiger partial charge in [-0.15, -0.1) is 0 Å². The maximum atomic E-state index is 12.6. The number of hydrogen-bond donors (Lipinski definition) is 1. The lowest BCUT2D eigenvalue weighted by molar-refractivity contribution is 0.0988. The summed E-state index contributed by atoms with van der Waals surface area (Å²) in [6.45, 7) is 4.38. The maximum absolute atomic E-state index is 12.6. The van der Waals surface area contributed by atoms with Crippen LogP contribution in [-0.4, -0.2) is 12.5 Å². The van der Waals surface area contributed by atoms with Crippen LogP contribution in [0.15, 0.2) is 42.5 Å². The highest BCUT2D eigenvalue weighted by Gasteiger charge is 2.19. The Balaban J connectivity index is 2.39. The minimum Gasteiger partial charge on any atom is -0.399 e. The SMILES string of the molecule is CCN(C(=O)c1cccc(C)c1Cl)c1ccc(N)cc1. The van der Waals surface area contributed by atoms with Gasteiger partial charge in [-0.1, -0.05) is 23.7 Å². The molecule has 0 atom stereocenters. The lowest BCUT2D eigenvalue weighted by Gasteiger charge is -2.22. The summed E-state index contributed by atoms with van der Waals surface area (Å²) in [5, 5.41) is 0.506. The van der Waals surface area contributed by atoms with Crippen molar-refractivity contribution in [2.75, 3.05) is 17.2 Å². The van der Waals surface area contributed by atoms with Crippen LogP contribution >= 0.6 is 11.6 Å². The van der Waals surface area contributed by atoms with Gasteiger partial charge < -0.3 is 10.6 Å². The zero-order valence-electron chi connectivity index (χ0n) is 11.6. The molecule has 0 aliphatic carbocycles. The molecule has 0 aliphatic rings. The molecule has 0 bridgehead atoms. The van der Waals surface area contributed by atoms with Crippen molar-refractivity contribution < 1.29 is 4.79 Å². The van der Waals surface area contributed by atoms with E-state index in [-0.39, 0.29) is 5.91 Å². The molecule has 0 fully saturated rings. The number of anilines is 2. The van der Waals surface area contributed by atoms with E-state index in [2.05, 4.69) is 0 Å². The van der Waals surface area contributed by atoms with Gasteiger partial charge in [-0.2, -0.15) is 0 Å². The van der Waals surface area contributed by atoms with Gasteiger partial charge in [0.05, 0.1) is 10.6 Å². The molecule has 0 radical (unpaired) electrons. The van der Waals surface area contributed by atoms with Gasteiger partial charge in [0.15, 0.2) is 0 Å². The van der Waals surface area contributed by atoms with Crippen molar-refractivity contribution in [1.82, 2.24) is 0 Å². The van der Waals surface area contributed by atoms with Gasteiger partial charge >= 0.3 is 0 Å². The predicted octanol–water partition coefficient (Wildman–Crippen LogP) is 3.90. The number of nitrogen functional groups attached to an aromatic ring is 1. The molecule has 0 spiro atoms. The highest BCUT2D eigenvalue weighted by molar-refractivity contribution is 6.35. The van der Waals surface area contributed by atoms with Crippen LogP contribution in [0.2, 0.25) is 5.02 Å². The first-order valence-electron chi connectivity index (χ1n) is 6.47. The summed E-state index contributed by atoms with van der Waals surface area (Å²) >= 11 is 6.23. The molecule has 20 heavy (non-hydrogen) atoms. The number of benzene rings is 2. The van der Waals surface area contributed by atoms with Crippen molar-refractivity contribution in [3.05, 3.63) is 58.6 Å². The van der Waals surface area contributed by atoms with E-state index in [1.54, 1.807) is 23.1 Å². The summed E-state index contributed by atoms with van der Waals surface area (Å²) in [4.78, 5) is 14.3. The van der Waals surface area contributed by atoms with Gasteiger partial charge in [-0.3, -0.25) is 4.79 Å². The van der Waals surface area contributed by atoms with E-state index in [0.29, 0.717) is 22.8 Å². The Morgan fingerprint density at radius 3 is 2.45 bits per heavy atom. The van der Waals surface area contributed by atoms with Crippen LogP contribution in [0, 0.1) is 6.92 Å². The number of aryl methyl sites for hydroxylation is 1. The molecule has 2 rings (SSSR count). The summed E-state index contributed by atoms with van der Waals surface area (Å²) in [6.07, 6.45) is 0. The third-order valence-electron chi connectivity index (χ3n) is 3.19. The molecule has 0 aromatic heterocycles. The second-order valence-corrected chi connectivity index (χ2v) is 4.96. The molecule has 4 heteroatoms. The van der Waals surface area contributed by atoms with E-state index in [0.717, 1.165) is 11.3 Å². The van der Waals surface area contributed by atoms with Crippen molar-refractivity contribution in [2.45, 2.75) is 13.8 Å². The van der Waals surface area contributed by atoms with E-state index in [1.807, 2.05) is 38.1 Å². The van der Waals surface area contributed by atoms with Gasteiger partial charge in [-0.05, 0) is 49.7 Å². The number of rotatable bonds is 3. The Hall–Kier alpha value is -2.00. The maximum Gasteiger partial charge on any atom is 0.259 e. The van der Waals surface area contributed by atoms with E-state index >= 15 is 0 Å². The molecule has 0 saturated carbocycles. The molecule has 2 aromatic rings. The monoisotopic (exact) mass is 288 g/mol. The van der Waals surface area contributed by atoms with Crippen molar-refractivity contribution in [3.63, 3.8) is 0 Å². The summed E-state index contributed by atoms with van der Waals surface area (Å²) < 4.78 is 0. The summed E-state index contributed by atoms with van der Waals surface area (Å²) in [7, 11) is 0. The fourth-order valence-electron chi connectivity index (χ4n) is 2.06. The smallest absolute Gasteiger partial charge is 0.259 e. The molecular formula is C16H17ClN2O. The summed E-state index contributed by atoms with van der Waals surface area (Å²) in [5.41, 5.74) is 8.57. The first-order chi connectivity index (χ1) is 9.54. The predicted molar refractivity (Wildman–Crippen MR) is 84.4 cm³/mol. The second kappa shape index (κ2) is 5.97. The summed E-state index contributed by atoms with van der Waals surface area (Å²) in [5.74, 6) is -0.106. The fraction of sp³-hybridized carbons (Fsp3) is 0.188. The van der Waals surface area contributed by atoms with Crippen molar-refractivity contribution in [1.29, 1.82) is 0 Å². The average Bonchev–Trinajstić information content (AvgIpc) is 2.44. The zero-order chi connectivity index (χ0) is 14.7. The summed E-state index contributed by atoms with van der Waals surface area (Å²) in [6, 6.07) is 12.7. The first-order valence-corrected chi connectivity index (χ1v) is 6.85. The topological polar surface area (TPSA) is 46.3 Å². The molecule has 0 aliphatic heterocycles. The van der Waals surface area contributed by atoms with Crippen LogP contribution in [0.3, 0.4) is 0 Å². The number of hydrogen-bond acceptors (Lipinski definition) is 2. The molecule has 0 unspecified atom stereocenters. The van der Waals surface area contributed by atoms with Crippen molar-refractivity contribution >= 4 is 28.9 Å². The highest BCUT2D eigenvalue weighted by atomic mass is 35.5. The Morgan fingerprint density at radius 2 is 1.85 bits per heavy atom. The van der Waals surface area contributed by atoms with Gasteiger partial charge in [0.1, 0.15) is 0 Å². The quantitative estimate of drug-likeness (QED) is 0.871. The van der Waals surface area contributed by atoms with Crippen LogP contribution in [-0.2, 0) is 0 Å². The Kier molecular flexibility index (Phi) is 4.30. The lowest BCUT2D eigenvalue weighted by atomic mass is 10.1. The molecule has 2 N–H and O–H groups in total. The fourth-order valence-corrected chi connectivity index (χ4v) is 2.26. The number of carbonyl (C=O) groups excluding carboxylic acids is 1. The third kappa shape index (κ3) is 2.78. The van der Waals surface area contributed by atoms with Gasteiger partial charge in [0.25, 0.3) is 5.91 Å². The zero-order valence-corrected chi connectivity index (χ0v) is 12.3. The normalized spacial score (nSPS) is 10.3. The van der Waals surface area contributed by atoms with E-state index in [9.17, 15) is 4.79 Å². The largest absolute Gasteiger partial charge is 0.399 e. The number of halogens is 1. The molecular weight excluding hydrogens is 272 g/mol. The Labute approximate surface area is 124 Å².